The zero-order valence-electron chi connectivity index (χ0n) is 12.4. The Labute approximate surface area is 130 Å². The molecule has 0 saturated carbocycles. The summed E-state index contributed by atoms with van der Waals surface area (Å²) in [6, 6.07) is 8.02. The maximum Gasteiger partial charge on any atom is 0.387 e. The summed E-state index contributed by atoms with van der Waals surface area (Å²) in [6.45, 7) is -1.49. The van der Waals surface area contributed by atoms with Crippen LogP contribution in [0.3, 0.4) is 0 Å². The predicted octanol–water partition coefficient (Wildman–Crippen LogP) is 4.00. The Morgan fingerprint density at radius 2 is 1.96 bits per heavy atom. The van der Waals surface area contributed by atoms with Gasteiger partial charge >= 0.3 is 6.61 Å². The monoisotopic (exact) mass is 325 g/mol. The summed E-state index contributed by atoms with van der Waals surface area (Å²) in [6.07, 6.45) is 0. The fourth-order valence-electron chi connectivity index (χ4n) is 2.02. The first-order valence-corrected chi connectivity index (χ1v) is 6.61. The van der Waals surface area contributed by atoms with Crippen LogP contribution in [0, 0.1) is 12.7 Å². The minimum atomic E-state index is -3.11. The van der Waals surface area contributed by atoms with E-state index < -0.39 is 18.3 Å². The van der Waals surface area contributed by atoms with Crippen LogP contribution in [0.2, 0.25) is 0 Å². The van der Waals surface area contributed by atoms with Crippen LogP contribution in [0.4, 0.5) is 18.9 Å². The quantitative estimate of drug-likeness (QED) is 0.904. The number of carbonyl (C=O) groups excluding carboxylic acids is 1. The van der Waals surface area contributed by atoms with Crippen molar-refractivity contribution in [2.45, 2.75) is 13.5 Å². The topological polar surface area (TPSA) is 47.6 Å². The van der Waals surface area contributed by atoms with E-state index in [0.717, 1.165) is 0 Å². The van der Waals surface area contributed by atoms with Gasteiger partial charge in [-0.3, -0.25) is 4.79 Å². The third kappa shape index (κ3) is 3.94. The van der Waals surface area contributed by atoms with Crippen LogP contribution in [-0.2, 0) is 0 Å². The molecular formula is C16H14F3NO3. The Bertz CT molecular complexity index is 720. The largest absolute Gasteiger partial charge is 0.493 e. The molecule has 0 heterocycles. The van der Waals surface area contributed by atoms with Crippen molar-refractivity contribution < 1.29 is 27.4 Å². The zero-order valence-corrected chi connectivity index (χ0v) is 12.4. The lowest BCUT2D eigenvalue weighted by molar-refractivity contribution is -0.0515. The Balaban J connectivity index is 2.35. The Hall–Kier alpha value is -2.70. The normalized spacial score (nSPS) is 10.5. The Kier molecular flexibility index (Phi) is 5.10. The van der Waals surface area contributed by atoms with Gasteiger partial charge in [0.05, 0.1) is 12.7 Å². The maximum atomic E-state index is 13.1. The zero-order chi connectivity index (χ0) is 17.0. The number of methoxy groups -OCH3 is 1. The number of aryl methyl sites for hydroxylation is 1. The lowest BCUT2D eigenvalue weighted by Gasteiger charge is -2.15. The average Bonchev–Trinajstić information content (AvgIpc) is 2.49. The first kappa shape index (κ1) is 16.7. The molecule has 1 amide bonds. The number of anilines is 1. The van der Waals surface area contributed by atoms with Crippen LogP contribution >= 0.6 is 0 Å². The number of para-hydroxylation sites is 1. The molecule has 23 heavy (non-hydrogen) atoms. The SMILES string of the molecule is COc1cccc(C(=O)Nc2ccc(F)cc2C)c1OC(F)F. The van der Waals surface area contributed by atoms with Crippen LogP contribution in [0.25, 0.3) is 0 Å². The van der Waals surface area contributed by atoms with E-state index in [4.69, 9.17) is 4.74 Å². The molecule has 0 aliphatic heterocycles. The Morgan fingerprint density at radius 3 is 2.57 bits per heavy atom. The van der Waals surface area contributed by atoms with Crippen LogP contribution in [0.5, 0.6) is 11.5 Å². The molecule has 0 aromatic heterocycles. The standard InChI is InChI=1S/C16H14F3NO3/c1-9-8-10(17)6-7-12(9)20-15(21)11-4-3-5-13(22-2)14(11)23-16(18)19/h3-8,16H,1-2H3,(H,20,21). The van der Waals surface area contributed by atoms with Gasteiger partial charge in [-0.1, -0.05) is 6.07 Å². The summed E-state index contributed by atoms with van der Waals surface area (Å²) in [5.74, 6) is -1.46. The number of halogens is 3. The van der Waals surface area contributed by atoms with Gasteiger partial charge in [-0.15, -0.1) is 0 Å². The maximum absolute atomic E-state index is 13.1. The average molecular weight is 325 g/mol. The van der Waals surface area contributed by atoms with Crippen molar-refractivity contribution in [3.63, 3.8) is 0 Å². The number of rotatable bonds is 5. The summed E-state index contributed by atoms with van der Waals surface area (Å²) in [5, 5.41) is 2.53. The lowest BCUT2D eigenvalue weighted by atomic mass is 10.1. The van der Waals surface area contributed by atoms with Gasteiger partial charge in [0.15, 0.2) is 11.5 Å². The number of amides is 1. The molecule has 0 saturated heterocycles. The van der Waals surface area contributed by atoms with Gasteiger partial charge in [0, 0.05) is 5.69 Å². The smallest absolute Gasteiger partial charge is 0.387 e. The molecule has 0 aliphatic rings. The molecule has 0 fully saturated rings. The molecule has 0 spiro atoms. The van der Waals surface area contributed by atoms with E-state index in [9.17, 15) is 18.0 Å². The van der Waals surface area contributed by atoms with E-state index in [1.54, 1.807) is 6.92 Å². The molecule has 0 atom stereocenters. The number of hydrogen-bond acceptors (Lipinski definition) is 3. The number of benzene rings is 2. The number of carbonyl (C=O) groups is 1. The van der Waals surface area contributed by atoms with E-state index in [1.807, 2.05) is 0 Å². The minimum Gasteiger partial charge on any atom is -0.493 e. The molecule has 0 radical (unpaired) electrons. The van der Waals surface area contributed by atoms with Gasteiger partial charge in [-0.25, -0.2) is 4.39 Å². The van der Waals surface area contributed by atoms with Crippen molar-refractivity contribution >= 4 is 11.6 Å². The van der Waals surface area contributed by atoms with Crippen LogP contribution in [0.15, 0.2) is 36.4 Å². The molecular weight excluding hydrogens is 311 g/mol. The molecule has 7 heteroatoms. The fraction of sp³-hybridized carbons (Fsp3) is 0.188. The lowest BCUT2D eigenvalue weighted by Crippen LogP contribution is -2.16. The number of nitrogens with one attached hydrogen (secondary N) is 1. The molecule has 122 valence electrons. The predicted molar refractivity (Wildman–Crippen MR) is 78.7 cm³/mol. The molecule has 2 aromatic rings. The second kappa shape index (κ2) is 7.04. The van der Waals surface area contributed by atoms with E-state index in [2.05, 4.69) is 10.1 Å². The van der Waals surface area contributed by atoms with E-state index in [1.165, 1.54) is 43.5 Å². The van der Waals surface area contributed by atoms with Crippen molar-refractivity contribution in [2.24, 2.45) is 0 Å². The van der Waals surface area contributed by atoms with Crippen molar-refractivity contribution in [2.75, 3.05) is 12.4 Å². The van der Waals surface area contributed by atoms with Crippen molar-refractivity contribution in [3.8, 4) is 11.5 Å². The molecule has 0 aliphatic carbocycles. The summed E-state index contributed by atoms with van der Waals surface area (Å²) >= 11 is 0. The summed E-state index contributed by atoms with van der Waals surface area (Å²) < 4.78 is 47.5. The third-order valence-corrected chi connectivity index (χ3v) is 3.09. The number of ether oxygens (including phenoxy) is 2. The van der Waals surface area contributed by atoms with Crippen molar-refractivity contribution in [3.05, 3.63) is 53.3 Å². The third-order valence-electron chi connectivity index (χ3n) is 3.09. The molecule has 0 bridgehead atoms. The van der Waals surface area contributed by atoms with Crippen molar-refractivity contribution in [1.82, 2.24) is 0 Å². The summed E-state index contributed by atoms with van der Waals surface area (Å²) in [7, 11) is 1.28. The van der Waals surface area contributed by atoms with Gasteiger partial charge in [0.1, 0.15) is 5.82 Å². The highest BCUT2D eigenvalue weighted by molar-refractivity contribution is 6.07. The molecule has 1 N–H and O–H groups in total. The van der Waals surface area contributed by atoms with Gasteiger partial charge in [-0.05, 0) is 42.8 Å². The van der Waals surface area contributed by atoms with Crippen LogP contribution in [0.1, 0.15) is 15.9 Å². The Morgan fingerprint density at radius 1 is 1.22 bits per heavy atom. The number of alkyl halides is 2. The van der Waals surface area contributed by atoms with Gasteiger partial charge in [0.2, 0.25) is 0 Å². The fourth-order valence-corrected chi connectivity index (χ4v) is 2.02. The summed E-state index contributed by atoms with van der Waals surface area (Å²) in [4.78, 5) is 12.3. The highest BCUT2D eigenvalue weighted by Crippen LogP contribution is 2.33. The second-order valence-electron chi connectivity index (χ2n) is 4.63. The van der Waals surface area contributed by atoms with Crippen LogP contribution < -0.4 is 14.8 Å². The number of hydrogen-bond donors (Lipinski definition) is 1. The highest BCUT2D eigenvalue weighted by atomic mass is 19.3. The molecule has 2 rings (SSSR count). The molecule has 0 unspecified atom stereocenters. The second-order valence-corrected chi connectivity index (χ2v) is 4.63. The molecule has 4 nitrogen and oxygen atoms in total. The van der Waals surface area contributed by atoms with Gasteiger partial charge in [-0.2, -0.15) is 8.78 Å². The van der Waals surface area contributed by atoms with Crippen molar-refractivity contribution in [1.29, 1.82) is 0 Å². The van der Waals surface area contributed by atoms with E-state index >= 15 is 0 Å². The van der Waals surface area contributed by atoms with E-state index in [-0.39, 0.29) is 17.1 Å². The minimum absolute atomic E-state index is 0.00813. The van der Waals surface area contributed by atoms with Gasteiger partial charge < -0.3 is 14.8 Å². The first-order chi connectivity index (χ1) is 10.9. The van der Waals surface area contributed by atoms with Gasteiger partial charge in [0.25, 0.3) is 5.91 Å². The first-order valence-electron chi connectivity index (χ1n) is 6.61. The van der Waals surface area contributed by atoms with E-state index in [0.29, 0.717) is 11.3 Å². The highest BCUT2D eigenvalue weighted by Gasteiger charge is 2.20. The molecule has 2 aromatic carbocycles. The van der Waals surface area contributed by atoms with Crippen LogP contribution in [-0.4, -0.2) is 19.6 Å². The summed E-state index contributed by atoms with van der Waals surface area (Å²) in [5.41, 5.74) is 0.744.